The maximum absolute atomic E-state index is 11.7. The molecule has 11 heteroatoms. The van der Waals surface area contributed by atoms with Gasteiger partial charge in [0.1, 0.15) is 5.75 Å². The van der Waals surface area contributed by atoms with E-state index in [1.54, 1.807) is 18.2 Å². The first-order valence-electron chi connectivity index (χ1n) is 7.39. The van der Waals surface area contributed by atoms with Crippen molar-refractivity contribution in [2.75, 3.05) is 7.11 Å². The van der Waals surface area contributed by atoms with Crippen LogP contribution in [0.3, 0.4) is 0 Å². The van der Waals surface area contributed by atoms with Gasteiger partial charge in [-0.15, -0.1) is 5.10 Å². The number of nitrogens with one attached hydrogen (secondary N) is 1. The molecule has 9 nitrogen and oxygen atoms in total. The Hall–Kier alpha value is -2.66. The minimum atomic E-state index is -1.07. The fraction of sp³-hybridized carbons (Fsp3) is 0.188. The van der Waals surface area contributed by atoms with Gasteiger partial charge in [0.05, 0.1) is 22.7 Å². The number of carboxylic acids is 1. The summed E-state index contributed by atoms with van der Waals surface area (Å²) in [5, 5.41) is 19.3. The fourth-order valence-corrected chi connectivity index (χ4v) is 2.95. The fourth-order valence-electron chi connectivity index (χ4n) is 1.72. The number of methoxy groups -OCH3 is 1. The standard InChI is InChI=1S/C16H14BrN3O6S/c1-8(15(23)24)26-11-4-3-9(5-10(11)17)7-18-20-16-19-14(22)12(27-16)6-13(21)25-2/h3-8H,1-2H3,(H,23,24)(H,19,20,22)/b12-6+,18-7?. The van der Waals surface area contributed by atoms with Crippen LogP contribution >= 0.6 is 27.7 Å². The van der Waals surface area contributed by atoms with E-state index in [9.17, 15) is 14.4 Å². The SMILES string of the molecule is COC(=O)/C=C1/S/C(=N\N=Cc2ccc(OC(C)C(=O)O)c(Br)c2)NC1=O. The summed E-state index contributed by atoms with van der Waals surface area (Å²) in [6.45, 7) is 1.43. The van der Waals surface area contributed by atoms with Crippen molar-refractivity contribution in [1.29, 1.82) is 0 Å². The number of nitrogens with zero attached hydrogens (tertiary/aromatic N) is 2. The number of esters is 1. The van der Waals surface area contributed by atoms with Crippen LogP contribution in [-0.2, 0) is 19.1 Å². The van der Waals surface area contributed by atoms with Gasteiger partial charge in [-0.3, -0.25) is 10.1 Å². The normalized spacial score (nSPS) is 18.0. The number of aliphatic carboxylic acids is 1. The molecule has 1 atom stereocenters. The smallest absolute Gasteiger partial charge is 0.344 e. The number of thioether (sulfide) groups is 1. The van der Waals surface area contributed by atoms with E-state index in [-0.39, 0.29) is 10.1 Å². The molecule has 0 radical (unpaired) electrons. The summed E-state index contributed by atoms with van der Waals surface area (Å²) in [6, 6.07) is 4.94. The summed E-state index contributed by atoms with van der Waals surface area (Å²) < 4.78 is 10.3. The van der Waals surface area contributed by atoms with Crippen LogP contribution in [0.25, 0.3) is 0 Å². The molecule has 0 spiro atoms. The number of hydrogen-bond acceptors (Lipinski definition) is 8. The third kappa shape index (κ3) is 5.93. The Balaban J connectivity index is 2.04. The highest BCUT2D eigenvalue weighted by Crippen LogP contribution is 2.27. The van der Waals surface area contributed by atoms with Crippen molar-refractivity contribution < 1.29 is 29.0 Å². The van der Waals surface area contributed by atoms with Crippen molar-refractivity contribution >= 4 is 56.9 Å². The molecule has 1 heterocycles. The van der Waals surface area contributed by atoms with Gasteiger partial charge in [-0.25, -0.2) is 9.59 Å². The Morgan fingerprint density at radius 3 is 2.78 bits per heavy atom. The predicted octanol–water partition coefficient (Wildman–Crippen LogP) is 1.91. The largest absolute Gasteiger partial charge is 0.479 e. The molecule has 0 saturated carbocycles. The maximum Gasteiger partial charge on any atom is 0.344 e. The number of benzene rings is 1. The summed E-state index contributed by atoms with van der Waals surface area (Å²) in [4.78, 5) is 33.9. The van der Waals surface area contributed by atoms with E-state index in [0.29, 0.717) is 15.8 Å². The van der Waals surface area contributed by atoms with Crippen LogP contribution in [0, 0.1) is 0 Å². The number of rotatable bonds is 6. The van der Waals surface area contributed by atoms with E-state index in [1.807, 2.05) is 0 Å². The lowest BCUT2D eigenvalue weighted by Crippen LogP contribution is -2.23. The third-order valence-corrected chi connectivity index (χ3v) is 4.58. The second-order valence-electron chi connectivity index (χ2n) is 5.03. The monoisotopic (exact) mass is 455 g/mol. The number of carboxylic acid groups (broad SMARTS) is 1. The average Bonchev–Trinajstić information content (AvgIpc) is 2.96. The van der Waals surface area contributed by atoms with Crippen LogP contribution in [0.2, 0.25) is 0 Å². The van der Waals surface area contributed by atoms with E-state index in [1.165, 1.54) is 20.2 Å². The number of ether oxygens (including phenoxy) is 2. The highest BCUT2D eigenvalue weighted by molar-refractivity contribution is 9.10. The molecule has 1 unspecified atom stereocenters. The van der Waals surface area contributed by atoms with Gasteiger partial charge in [0.2, 0.25) is 0 Å². The molecule has 1 aliphatic heterocycles. The van der Waals surface area contributed by atoms with Gasteiger partial charge < -0.3 is 14.6 Å². The van der Waals surface area contributed by atoms with Gasteiger partial charge in [0.15, 0.2) is 11.3 Å². The number of hydrogen-bond donors (Lipinski definition) is 2. The minimum Gasteiger partial charge on any atom is -0.479 e. The molecule has 142 valence electrons. The minimum absolute atomic E-state index is 0.160. The molecule has 0 aliphatic carbocycles. The summed E-state index contributed by atoms with van der Waals surface area (Å²) in [6.07, 6.45) is 1.53. The van der Waals surface area contributed by atoms with Gasteiger partial charge in [-0.1, -0.05) is 0 Å². The first-order chi connectivity index (χ1) is 12.8. The van der Waals surface area contributed by atoms with Crippen molar-refractivity contribution in [1.82, 2.24) is 5.32 Å². The molecule has 0 bridgehead atoms. The highest BCUT2D eigenvalue weighted by Gasteiger charge is 2.25. The molecule has 1 fully saturated rings. The zero-order chi connectivity index (χ0) is 20.0. The molecule has 2 N–H and O–H groups in total. The second kappa shape index (κ2) is 9.33. The van der Waals surface area contributed by atoms with Crippen LogP contribution < -0.4 is 10.1 Å². The van der Waals surface area contributed by atoms with Crippen molar-refractivity contribution in [2.45, 2.75) is 13.0 Å². The van der Waals surface area contributed by atoms with E-state index in [4.69, 9.17) is 9.84 Å². The van der Waals surface area contributed by atoms with E-state index in [2.05, 4.69) is 36.2 Å². The van der Waals surface area contributed by atoms with Crippen molar-refractivity contribution in [3.05, 3.63) is 39.2 Å². The van der Waals surface area contributed by atoms with Crippen LogP contribution in [-0.4, -0.2) is 47.5 Å². The molecule has 27 heavy (non-hydrogen) atoms. The van der Waals surface area contributed by atoms with Crippen LogP contribution in [0.15, 0.2) is 43.9 Å². The summed E-state index contributed by atoms with van der Waals surface area (Å²) in [7, 11) is 1.22. The van der Waals surface area contributed by atoms with Crippen LogP contribution in [0.5, 0.6) is 5.75 Å². The zero-order valence-electron chi connectivity index (χ0n) is 14.1. The van der Waals surface area contributed by atoms with Gasteiger partial charge in [0.25, 0.3) is 5.91 Å². The van der Waals surface area contributed by atoms with Gasteiger partial charge >= 0.3 is 11.9 Å². The lowest BCUT2D eigenvalue weighted by atomic mass is 10.2. The van der Waals surface area contributed by atoms with Crippen LogP contribution in [0.4, 0.5) is 0 Å². The Morgan fingerprint density at radius 2 is 2.15 bits per heavy atom. The lowest BCUT2D eigenvalue weighted by Gasteiger charge is -2.12. The number of amides is 1. The molecule has 1 saturated heterocycles. The molecule has 0 aromatic heterocycles. The maximum atomic E-state index is 11.7. The van der Waals surface area contributed by atoms with Gasteiger partial charge in [-0.2, -0.15) is 5.10 Å². The number of carbonyl (C=O) groups excluding carboxylic acids is 2. The van der Waals surface area contributed by atoms with Crippen molar-refractivity contribution in [3.63, 3.8) is 0 Å². The highest BCUT2D eigenvalue weighted by atomic mass is 79.9. The lowest BCUT2D eigenvalue weighted by molar-refractivity contribution is -0.144. The average molecular weight is 456 g/mol. The Bertz CT molecular complexity index is 868. The van der Waals surface area contributed by atoms with Gasteiger partial charge in [0, 0.05) is 6.08 Å². The van der Waals surface area contributed by atoms with Crippen molar-refractivity contribution in [3.8, 4) is 5.75 Å². The molecular weight excluding hydrogens is 442 g/mol. The zero-order valence-corrected chi connectivity index (χ0v) is 16.5. The molecule has 1 aliphatic rings. The summed E-state index contributed by atoms with van der Waals surface area (Å²) in [5.74, 6) is -1.79. The van der Waals surface area contributed by atoms with E-state index in [0.717, 1.165) is 17.8 Å². The first kappa shape index (κ1) is 20.6. The molecule has 1 amide bonds. The third-order valence-electron chi connectivity index (χ3n) is 3.06. The number of carbonyl (C=O) groups is 3. The summed E-state index contributed by atoms with van der Waals surface area (Å²) in [5.41, 5.74) is 0.668. The number of amidine groups is 1. The predicted molar refractivity (Wildman–Crippen MR) is 103 cm³/mol. The Morgan fingerprint density at radius 1 is 1.41 bits per heavy atom. The van der Waals surface area contributed by atoms with E-state index < -0.39 is 23.9 Å². The first-order valence-corrected chi connectivity index (χ1v) is 9.00. The Kier molecular flexibility index (Phi) is 7.13. The molecule has 2 rings (SSSR count). The second-order valence-corrected chi connectivity index (χ2v) is 6.91. The topological polar surface area (TPSA) is 127 Å². The molecule has 1 aromatic carbocycles. The molecule has 1 aromatic rings. The Labute approximate surface area is 166 Å². The summed E-state index contributed by atoms with van der Waals surface area (Å²) >= 11 is 4.26. The molecular formula is C16H14BrN3O6S. The van der Waals surface area contributed by atoms with Gasteiger partial charge in [-0.05, 0) is 58.4 Å². The number of halogens is 1. The quantitative estimate of drug-likeness (QED) is 0.290. The van der Waals surface area contributed by atoms with E-state index >= 15 is 0 Å². The van der Waals surface area contributed by atoms with Crippen LogP contribution in [0.1, 0.15) is 12.5 Å². The van der Waals surface area contributed by atoms with Crippen molar-refractivity contribution in [2.24, 2.45) is 10.2 Å².